The van der Waals surface area contributed by atoms with Gasteiger partial charge in [-0.2, -0.15) is 15.4 Å². The van der Waals surface area contributed by atoms with Crippen LogP contribution in [0.4, 0.5) is 14.9 Å². The van der Waals surface area contributed by atoms with Crippen LogP contribution in [0.2, 0.25) is 0 Å². The Balaban J connectivity index is 1.30. The summed E-state index contributed by atoms with van der Waals surface area (Å²) >= 11 is 0. The number of phosphoric acid groups is 1. The number of phosphoric ester groups is 1. The van der Waals surface area contributed by atoms with Gasteiger partial charge in [-0.15, -0.1) is 0 Å². The van der Waals surface area contributed by atoms with Gasteiger partial charge in [-0.3, -0.25) is 9.42 Å². The van der Waals surface area contributed by atoms with Gasteiger partial charge in [-0.1, -0.05) is 24.3 Å². The fourth-order valence-electron chi connectivity index (χ4n) is 4.27. The molecule has 2 aliphatic rings. The maximum atomic E-state index is 15.0. The minimum Gasteiger partial charge on any atom is -0.441 e. The van der Waals surface area contributed by atoms with Crippen molar-refractivity contribution in [1.82, 2.24) is 20.7 Å². The predicted molar refractivity (Wildman–Crippen MR) is 117 cm³/mol. The highest BCUT2D eigenvalue weighted by Gasteiger charge is 2.48. The first-order valence-electron chi connectivity index (χ1n) is 10.5. The van der Waals surface area contributed by atoms with Crippen molar-refractivity contribution in [2.75, 3.05) is 11.5 Å². The van der Waals surface area contributed by atoms with Gasteiger partial charge in [-0.05, 0) is 35.2 Å². The molecule has 1 saturated heterocycles. The third kappa shape index (κ3) is 4.59. The molecule has 178 valence electrons. The summed E-state index contributed by atoms with van der Waals surface area (Å²) in [7, 11) is -4.71. The predicted octanol–water partition coefficient (Wildman–Crippen LogP) is 2.26. The fraction of sp³-hybridized carbons (Fsp3) is 0.286. The van der Waals surface area contributed by atoms with Crippen molar-refractivity contribution in [3.8, 4) is 11.1 Å². The Morgan fingerprint density at radius 1 is 1.26 bits per heavy atom. The van der Waals surface area contributed by atoms with Gasteiger partial charge in [0.15, 0.2) is 0 Å². The van der Waals surface area contributed by atoms with Gasteiger partial charge in [0.05, 0.1) is 30.2 Å². The average molecular weight is 489 g/mol. The van der Waals surface area contributed by atoms with Gasteiger partial charge < -0.3 is 19.8 Å². The number of carbonyl (C=O) groups excluding carboxylic acids is 1. The monoisotopic (exact) mass is 489 g/mol. The zero-order valence-corrected chi connectivity index (χ0v) is 18.6. The number of nitrogens with zero attached hydrogens (tertiary/aromatic N) is 3. The standard InChI is InChI=1S/C21H21FN5O6P/c22-17-7-18-14(6-19-20(11-32-34(29,30)31)33-21(28)27(18)19)5-16(17)13-3-1-12(2-4-13)8-23-9-15-10-24-26-25-15/h1-5,7,10,19-20,23H,6,8-9,11H2,(H,24,25,26)(H2,29,30,31)/t19-,20-/m0/s1. The second kappa shape index (κ2) is 8.90. The van der Waals surface area contributed by atoms with Crippen molar-refractivity contribution in [2.24, 2.45) is 0 Å². The molecule has 2 aromatic carbocycles. The van der Waals surface area contributed by atoms with Crippen LogP contribution in [0.3, 0.4) is 0 Å². The summed E-state index contributed by atoms with van der Waals surface area (Å²) in [4.78, 5) is 31.5. The van der Waals surface area contributed by atoms with Crippen molar-refractivity contribution in [3.05, 3.63) is 65.2 Å². The number of benzene rings is 2. The lowest BCUT2D eigenvalue weighted by molar-refractivity contribution is 0.0761. The van der Waals surface area contributed by atoms with E-state index < -0.39 is 38.5 Å². The summed E-state index contributed by atoms with van der Waals surface area (Å²) in [5, 5.41) is 13.5. The summed E-state index contributed by atoms with van der Waals surface area (Å²) < 4.78 is 35.8. The van der Waals surface area contributed by atoms with E-state index in [1.165, 1.54) is 11.0 Å². The molecule has 3 heterocycles. The van der Waals surface area contributed by atoms with E-state index in [4.69, 9.17) is 14.5 Å². The van der Waals surface area contributed by atoms with E-state index in [2.05, 4.69) is 25.3 Å². The Bertz CT molecular complexity index is 1250. The average Bonchev–Trinajstić information content (AvgIpc) is 3.50. The molecule has 1 amide bonds. The number of carbonyl (C=O) groups is 1. The van der Waals surface area contributed by atoms with Crippen molar-refractivity contribution >= 4 is 19.6 Å². The van der Waals surface area contributed by atoms with Crippen molar-refractivity contribution in [1.29, 1.82) is 0 Å². The molecule has 3 aromatic rings. The molecule has 4 N–H and O–H groups in total. The molecular formula is C21H21FN5O6P. The van der Waals surface area contributed by atoms with E-state index in [1.54, 1.807) is 12.3 Å². The highest BCUT2D eigenvalue weighted by Crippen LogP contribution is 2.43. The molecule has 2 aliphatic heterocycles. The second-order valence-electron chi connectivity index (χ2n) is 8.07. The molecule has 0 unspecified atom stereocenters. The van der Waals surface area contributed by atoms with Crippen LogP contribution in [0, 0.1) is 5.82 Å². The van der Waals surface area contributed by atoms with E-state index in [-0.39, 0.29) is 0 Å². The Morgan fingerprint density at radius 3 is 2.76 bits per heavy atom. The fourth-order valence-corrected chi connectivity index (χ4v) is 4.61. The molecule has 11 nitrogen and oxygen atoms in total. The minimum absolute atomic E-state index is 0.355. The maximum Gasteiger partial charge on any atom is 0.469 e. The SMILES string of the molecule is O=C1O[C@@H](COP(=O)(O)O)[C@@H]2Cc3cc(-c4ccc(CNCc5cn[nH]n5)cc4)c(F)cc3N12. The minimum atomic E-state index is -4.71. The summed E-state index contributed by atoms with van der Waals surface area (Å²) in [6.45, 7) is 0.724. The number of amides is 1. The van der Waals surface area contributed by atoms with Gasteiger partial charge >= 0.3 is 13.9 Å². The largest absolute Gasteiger partial charge is 0.469 e. The Labute approximate surface area is 193 Å². The van der Waals surface area contributed by atoms with Gasteiger partial charge in [0.25, 0.3) is 0 Å². The molecule has 1 aromatic heterocycles. The number of fused-ring (bicyclic) bond motifs is 3. The number of aromatic nitrogens is 3. The third-order valence-electron chi connectivity index (χ3n) is 5.84. The van der Waals surface area contributed by atoms with Gasteiger partial charge in [0.1, 0.15) is 11.9 Å². The molecule has 0 spiro atoms. The molecule has 1 fully saturated rings. The van der Waals surface area contributed by atoms with Crippen molar-refractivity contribution in [2.45, 2.75) is 31.7 Å². The number of rotatable bonds is 8. The first-order chi connectivity index (χ1) is 16.3. The summed E-state index contributed by atoms with van der Waals surface area (Å²) in [5.41, 5.74) is 4.05. The first-order valence-corrected chi connectivity index (χ1v) is 12.0. The molecule has 0 bridgehead atoms. The molecule has 34 heavy (non-hydrogen) atoms. The maximum absolute atomic E-state index is 15.0. The Hall–Kier alpha value is -3.15. The summed E-state index contributed by atoms with van der Waals surface area (Å²) in [5.74, 6) is -0.487. The molecule has 0 radical (unpaired) electrons. The summed E-state index contributed by atoms with van der Waals surface area (Å²) in [6, 6.07) is 9.95. The van der Waals surface area contributed by atoms with Crippen LogP contribution < -0.4 is 10.2 Å². The number of hydrogen-bond donors (Lipinski definition) is 4. The normalized spacial score (nSPS) is 19.3. The number of H-pyrrole nitrogens is 1. The van der Waals surface area contributed by atoms with Crippen LogP contribution in [0.1, 0.15) is 16.8 Å². The number of cyclic esters (lactones) is 1. The molecular weight excluding hydrogens is 468 g/mol. The lowest BCUT2D eigenvalue weighted by Gasteiger charge is -2.16. The second-order valence-corrected chi connectivity index (χ2v) is 9.31. The first kappa shape index (κ1) is 22.6. The van der Waals surface area contributed by atoms with E-state index in [0.29, 0.717) is 36.3 Å². The smallest absolute Gasteiger partial charge is 0.441 e. The lowest BCUT2D eigenvalue weighted by atomic mass is 9.98. The van der Waals surface area contributed by atoms with E-state index in [0.717, 1.165) is 16.8 Å². The highest BCUT2D eigenvalue weighted by atomic mass is 31.2. The molecule has 5 rings (SSSR count). The molecule has 0 aliphatic carbocycles. The van der Waals surface area contributed by atoms with Crippen LogP contribution in [-0.2, 0) is 33.3 Å². The highest BCUT2D eigenvalue weighted by molar-refractivity contribution is 7.46. The Kier molecular flexibility index (Phi) is 5.92. The summed E-state index contributed by atoms with van der Waals surface area (Å²) in [6.07, 6.45) is 0.429. The van der Waals surface area contributed by atoms with Crippen LogP contribution in [0.25, 0.3) is 11.1 Å². The zero-order valence-electron chi connectivity index (χ0n) is 17.7. The van der Waals surface area contributed by atoms with Crippen LogP contribution in [-0.4, -0.2) is 50.0 Å². The lowest BCUT2D eigenvalue weighted by Crippen LogP contribution is -2.35. The van der Waals surface area contributed by atoms with Crippen LogP contribution in [0.15, 0.2) is 42.6 Å². The third-order valence-corrected chi connectivity index (χ3v) is 6.32. The number of nitrogens with one attached hydrogen (secondary N) is 2. The number of halogens is 1. The van der Waals surface area contributed by atoms with Gasteiger partial charge in [0.2, 0.25) is 0 Å². The van der Waals surface area contributed by atoms with Crippen molar-refractivity contribution in [3.63, 3.8) is 0 Å². The number of hydrogen-bond acceptors (Lipinski definition) is 7. The topological polar surface area (TPSA) is 150 Å². The van der Waals surface area contributed by atoms with E-state index in [1.807, 2.05) is 24.3 Å². The van der Waals surface area contributed by atoms with E-state index >= 15 is 4.39 Å². The van der Waals surface area contributed by atoms with Gasteiger partial charge in [0, 0.05) is 18.7 Å². The number of ether oxygens (including phenoxy) is 1. The zero-order chi connectivity index (χ0) is 23.9. The van der Waals surface area contributed by atoms with Crippen LogP contribution >= 0.6 is 7.82 Å². The molecule has 0 saturated carbocycles. The molecule has 13 heteroatoms. The Morgan fingerprint density at radius 2 is 2.06 bits per heavy atom. The molecule has 2 atom stereocenters. The number of anilines is 1. The quantitative estimate of drug-likeness (QED) is 0.350. The van der Waals surface area contributed by atoms with Gasteiger partial charge in [-0.25, -0.2) is 13.8 Å². The van der Waals surface area contributed by atoms with Crippen LogP contribution in [0.5, 0.6) is 0 Å². The van der Waals surface area contributed by atoms with E-state index in [9.17, 15) is 9.36 Å². The number of aromatic amines is 1. The van der Waals surface area contributed by atoms with Crippen molar-refractivity contribution < 1.29 is 32.8 Å².